The summed E-state index contributed by atoms with van der Waals surface area (Å²) in [4.78, 5) is 12.2. The maximum atomic E-state index is 12.2. The largest absolute Gasteiger partial charge is 0.388 e. The molecule has 1 rings (SSSR count). The molecule has 172 valence electrons. The van der Waals surface area contributed by atoms with Gasteiger partial charge in [-0.25, -0.2) is 0 Å². The van der Waals surface area contributed by atoms with Gasteiger partial charge in [0.05, 0.1) is 18.2 Å². The summed E-state index contributed by atoms with van der Waals surface area (Å²) >= 11 is 0. The van der Waals surface area contributed by atoms with Crippen LogP contribution < -0.4 is 10.6 Å². The maximum Gasteiger partial charge on any atom is 0.220 e. The molecule has 1 fully saturated rings. The smallest absolute Gasteiger partial charge is 0.220 e. The molecule has 6 heteroatoms. The SMILES string of the molecule is CCCCCCCCNCC1O[C@@H](C)C(NC(=O)CCCCCCC)[C@@H](O)[C@@H]1O. The molecule has 0 spiro atoms. The van der Waals surface area contributed by atoms with Gasteiger partial charge in [0, 0.05) is 13.0 Å². The van der Waals surface area contributed by atoms with Gasteiger partial charge < -0.3 is 25.6 Å². The standard InChI is InChI=1S/C23H46N2O4/c1-4-6-8-10-12-14-16-24-17-19-22(27)23(28)21(18(3)29-19)25-20(26)15-13-11-9-7-5-2/h18-19,21-24,27-28H,4-17H2,1-3H3,(H,25,26)/t18-,19?,21?,22+,23+/m0/s1. The van der Waals surface area contributed by atoms with E-state index in [4.69, 9.17) is 4.74 Å². The van der Waals surface area contributed by atoms with Crippen LogP contribution in [-0.2, 0) is 9.53 Å². The highest BCUT2D eigenvalue weighted by atomic mass is 16.5. The number of unbranched alkanes of at least 4 members (excludes halogenated alkanes) is 9. The molecule has 1 aliphatic rings. The molecule has 1 aliphatic heterocycles. The Morgan fingerprint density at radius 2 is 1.45 bits per heavy atom. The van der Waals surface area contributed by atoms with Gasteiger partial charge in [0.15, 0.2) is 0 Å². The van der Waals surface area contributed by atoms with Gasteiger partial charge in [-0.15, -0.1) is 0 Å². The first kappa shape index (κ1) is 26.3. The predicted octanol–water partition coefficient (Wildman–Crippen LogP) is 3.29. The quantitative estimate of drug-likeness (QED) is 0.291. The van der Waals surface area contributed by atoms with E-state index in [2.05, 4.69) is 24.5 Å². The molecular formula is C23H46N2O4. The number of amides is 1. The van der Waals surface area contributed by atoms with Crippen LogP contribution in [0, 0.1) is 0 Å². The molecule has 0 aromatic heterocycles. The summed E-state index contributed by atoms with van der Waals surface area (Å²) in [6.45, 7) is 7.64. The average Bonchev–Trinajstić information content (AvgIpc) is 2.70. The molecule has 29 heavy (non-hydrogen) atoms. The average molecular weight is 415 g/mol. The van der Waals surface area contributed by atoms with E-state index in [9.17, 15) is 15.0 Å². The fourth-order valence-corrected chi connectivity index (χ4v) is 3.94. The predicted molar refractivity (Wildman–Crippen MR) is 118 cm³/mol. The minimum Gasteiger partial charge on any atom is -0.388 e. The molecule has 0 aromatic carbocycles. The zero-order valence-corrected chi connectivity index (χ0v) is 19.0. The van der Waals surface area contributed by atoms with E-state index in [0.717, 1.165) is 32.2 Å². The Labute approximate surface area is 178 Å². The van der Waals surface area contributed by atoms with Crippen LogP contribution in [0.2, 0.25) is 0 Å². The van der Waals surface area contributed by atoms with Gasteiger partial charge in [-0.2, -0.15) is 0 Å². The minimum absolute atomic E-state index is 0.0761. The Bertz CT molecular complexity index is 422. The summed E-state index contributed by atoms with van der Waals surface area (Å²) in [5.41, 5.74) is 0. The second-order valence-electron chi connectivity index (χ2n) is 8.59. The maximum absolute atomic E-state index is 12.2. The Hall–Kier alpha value is -0.690. The van der Waals surface area contributed by atoms with Gasteiger partial charge >= 0.3 is 0 Å². The van der Waals surface area contributed by atoms with Gasteiger partial charge in [0.1, 0.15) is 12.2 Å². The Morgan fingerprint density at radius 3 is 2.10 bits per heavy atom. The van der Waals surface area contributed by atoms with Crippen molar-refractivity contribution in [2.24, 2.45) is 0 Å². The fraction of sp³-hybridized carbons (Fsp3) is 0.957. The first-order chi connectivity index (χ1) is 14.0. The van der Waals surface area contributed by atoms with Gasteiger partial charge in [0.25, 0.3) is 0 Å². The molecule has 1 amide bonds. The second kappa shape index (κ2) is 16.1. The van der Waals surface area contributed by atoms with Gasteiger partial charge in [-0.1, -0.05) is 71.6 Å². The van der Waals surface area contributed by atoms with Gasteiger partial charge in [-0.05, 0) is 26.3 Å². The summed E-state index contributed by atoms with van der Waals surface area (Å²) < 4.78 is 5.91. The first-order valence-corrected chi connectivity index (χ1v) is 12.0. The number of rotatable bonds is 16. The summed E-state index contributed by atoms with van der Waals surface area (Å²) in [5, 5.41) is 27.2. The lowest BCUT2D eigenvalue weighted by molar-refractivity contribution is -0.179. The van der Waals surface area contributed by atoms with E-state index < -0.39 is 24.4 Å². The molecule has 6 nitrogen and oxygen atoms in total. The third-order valence-corrected chi connectivity index (χ3v) is 5.88. The van der Waals surface area contributed by atoms with Crippen LogP contribution in [0.4, 0.5) is 0 Å². The zero-order chi connectivity index (χ0) is 21.5. The molecule has 1 heterocycles. The van der Waals surface area contributed by atoms with E-state index >= 15 is 0 Å². The number of carbonyl (C=O) groups is 1. The highest BCUT2D eigenvalue weighted by molar-refractivity contribution is 5.76. The van der Waals surface area contributed by atoms with Crippen molar-refractivity contribution in [1.82, 2.24) is 10.6 Å². The number of aliphatic hydroxyl groups is 2. The third kappa shape index (κ3) is 10.8. The number of aliphatic hydroxyl groups excluding tert-OH is 2. The van der Waals surface area contributed by atoms with Crippen molar-refractivity contribution in [3.63, 3.8) is 0 Å². The molecule has 2 unspecified atom stereocenters. The number of hydrogen-bond acceptors (Lipinski definition) is 5. The monoisotopic (exact) mass is 414 g/mol. The first-order valence-electron chi connectivity index (χ1n) is 12.0. The van der Waals surface area contributed by atoms with Gasteiger partial charge in [-0.3, -0.25) is 4.79 Å². The van der Waals surface area contributed by atoms with Crippen molar-refractivity contribution in [3.05, 3.63) is 0 Å². The molecule has 1 saturated heterocycles. The van der Waals surface area contributed by atoms with Crippen LogP contribution in [-0.4, -0.2) is 59.7 Å². The lowest BCUT2D eigenvalue weighted by Crippen LogP contribution is -2.64. The molecule has 0 aromatic rings. The number of carbonyl (C=O) groups excluding carboxylic acids is 1. The summed E-state index contributed by atoms with van der Waals surface area (Å²) in [6.07, 6.45) is 10.6. The van der Waals surface area contributed by atoms with E-state index in [0.29, 0.717) is 13.0 Å². The highest BCUT2D eigenvalue weighted by Crippen LogP contribution is 2.21. The summed E-state index contributed by atoms with van der Waals surface area (Å²) in [6, 6.07) is -0.567. The van der Waals surface area contributed by atoms with Crippen LogP contribution in [0.1, 0.15) is 97.8 Å². The van der Waals surface area contributed by atoms with Crippen LogP contribution in [0.25, 0.3) is 0 Å². The number of hydrogen-bond donors (Lipinski definition) is 4. The second-order valence-corrected chi connectivity index (χ2v) is 8.59. The third-order valence-electron chi connectivity index (χ3n) is 5.88. The Kier molecular flexibility index (Phi) is 14.6. The van der Waals surface area contributed by atoms with Crippen molar-refractivity contribution in [2.75, 3.05) is 13.1 Å². The van der Waals surface area contributed by atoms with Crippen molar-refractivity contribution < 1.29 is 19.7 Å². The van der Waals surface area contributed by atoms with Crippen molar-refractivity contribution >= 4 is 5.91 Å². The van der Waals surface area contributed by atoms with Crippen molar-refractivity contribution in [1.29, 1.82) is 0 Å². The van der Waals surface area contributed by atoms with Gasteiger partial charge in [0.2, 0.25) is 5.91 Å². The normalized spacial score (nSPS) is 27.1. The summed E-state index contributed by atoms with van der Waals surface area (Å²) in [7, 11) is 0. The molecule has 4 N–H and O–H groups in total. The van der Waals surface area contributed by atoms with E-state index in [1.807, 2.05) is 6.92 Å². The molecular weight excluding hydrogens is 368 g/mol. The van der Waals surface area contributed by atoms with E-state index in [1.54, 1.807) is 0 Å². The van der Waals surface area contributed by atoms with E-state index in [-0.39, 0.29) is 12.0 Å². The topological polar surface area (TPSA) is 90.8 Å². The molecule has 0 bridgehead atoms. The molecule has 0 radical (unpaired) electrons. The summed E-state index contributed by atoms with van der Waals surface area (Å²) in [5.74, 6) is -0.0761. The van der Waals surface area contributed by atoms with Crippen LogP contribution in [0.5, 0.6) is 0 Å². The number of nitrogens with one attached hydrogen (secondary N) is 2. The Morgan fingerprint density at radius 1 is 0.862 bits per heavy atom. The molecule has 0 aliphatic carbocycles. The van der Waals surface area contributed by atoms with Crippen LogP contribution >= 0.6 is 0 Å². The fourth-order valence-electron chi connectivity index (χ4n) is 3.94. The number of ether oxygens (including phenoxy) is 1. The van der Waals surface area contributed by atoms with Crippen LogP contribution in [0.3, 0.4) is 0 Å². The van der Waals surface area contributed by atoms with Crippen molar-refractivity contribution in [3.8, 4) is 0 Å². The van der Waals surface area contributed by atoms with E-state index in [1.165, 1.54) is 44.9 Å². The lowest BCUT2D eigenvalue weighted by atomic mass is 9.93. The molecule has 5 atom stereocenters. The lowest BCUT2D eigenvalue weighted by Gasteiger charge is -2.42. The van der Waals surface area contributed by atoms with Crippen LogP contribution in [0.15, 0.2) is 0 Å². The Balaban J connectivity index is 2.26. The van der Waals surface area contributed by atoms with Crippen molar-refractivity contribution in [2.45, 2.75) is 128 Å². The minimum atomic E-state index is -1.01. The zero-order valence-electron chi connectivity index (χ0n) is 19.0. The molecule has 0 saturated carbocycles. The highest BCUT2D eigenvalue weighted by Gasteiger charge is 2.42.